The smallest absolute Gasteiger partial charge is 0.320 e. The standard InChI is InChI=1S/C14H21F2N3O2/c1-8-18-10(17)5-6-19(8)12-14(15,16)11(20)9(21-12)7-13(2,3)4/h5-6,9,11-12,20H,1,7H2,2-4H3,(H2,17,18)/t9-,11?,12-/m1/s1. The van der Waals surface area contributed by atoms with Gasteiger partial charge in [-0.2, -0.15) is 8.78 Å². The summed E-state index contributed by atoms with van der Waals surface area (Å²) in [5.41, 5.74) is 5.25. The molecule has 0 aliphatic carbocycles. The van der Waals surface area contributed by atoms with Gasteiger partial charge in [-0.1, -0.05) is 27.4 Å². The van der Waals surface area contributed by atoms with E-state index in [1.54, 1.807) is 0 Å². The molecule has 2 rings (SSSR count). The monoisotopic (exact) mass is 301 g/mol. The van der Waals surface area contributed by atoms with Crippen LogP contribution in [0, 0.1) is 5.41 Å². The number of amidine groups is 1. The van der Waals surface area contributed by atoms with Gasteiger partial charge in [0.25, 0.3) is 0 Å². The summed E-state index contributed by atoms with van der Waals surface area (Å²) in [5, 5.41) is 9.90. The minimum atomic E-state index is -3.43. The number of hydrogen-bond donors (Lipinski definition) is 2. The molecule has 1 fully saturated rings. The van der Waals surface area contributed by atoms with Crippen LogP contribution in [0.25, 0.3) is 0 Å². The number of halogens is 2. The minimum absolute atomic E-state index is 0.0586. The van der Waals surface area contributed by atoms with E-state index in [9.17, 15) is 13.9 Å². The fourth-order valence-corrected chi connectivity index (χ4v) is 2.44. The summed E-state index contributed by atoms with van der Waals surface area (Å²) in [5.74, 6) is -3.18. The molecule has 0 aromatic carbocycles. The summed E-state index contributed by atoms with van der Waals surface area (Å²) in [6.07, 6.45) is -1.41. The number of rotatable bonds is 2. The van der Waals surface area contributed by atoms with Crippen LogP contribution in [0.3, 0.4) is 0 Å². The molecule has 21 heavy (non-hydrogen) atoms. The van der Waals surface area contributed by atoms with Gasteiger partial charge in [0.1, 0.15) is 17.8 Å². The van der Waals surface area contributed by atoms with Crippen LogP contribution < -0.4 is 5.73 Å². The highest BCUT2D eigenvalue weighted by Crippen LogP contribution is 2.43. The van der Waals surface area contributed by atoms with Crippen molar-refractivity contribution in [2.45, 2.75) is 51.6 Å². The summed E-state index contributed by atoms with van der Waals surface area (Å²) in [6, 6.07) is 0. The van der Waals surface area contributed by atoms with E-state index >= 15 is 0 Å². The Morgan fingerprint density at radius 3 is 2.67 bits per heavy atom. The lowest BCUT2D eigenvalue weighted by Gasteiger charge is -2.32. The zero-order valence-electron chi connectivity index (χ0n) is 12.4. The number of nitrogens with zero attached hydrogens (tertiary/aromatic N) is 2. The number of hydrogen-bond acceptors (Lipinski definition) is 5. The Morgan fingerprint density at radius 1 is 1.52 bits per heavy atom. The van der Waals surface area contributed by atoms with Gasteiger partial charge in [-0.05, 0) is 17.9 Å². The Balaban J connectivity index is 2.21. The van der Waals surface area contributed by atoms with Gasteiger partial charge in [-0.25, -0.2) is 4.99 Å². The van der Waals surface area contributed by atoms with Crippen molar-refractivity contribution in [3.05, 3.63) is 24.7 Å². The van der Waals surface area contributed by atoms with E-state index in [4.69, 9.17) is 10.5 Å². The number of nitrogens with two attached hydrogens (primary N) is 1. The molecule has 0 spiro atoms. The lowest BCUT2D eigenvalue weighted by atomic mass is 9.87. The molecule has 0 aromatic heterocycles. The molecule has 118 valence electrons. The Labute approximate surface area is 122 Å². The minimum Gasteiger partial charge on any atom is -0.384 e. The fraction of sp³-hybridized carbons (Fsp3) is 0.643. The SMILES string of the molecule is C=C1N=C(N)C=CN1[C@@H]1O[C@H](CC(C)(C)C)C(O)C1(F)F. The topological polar surface area (TPSA) is 71.1 Å². The van der Waals surface area contributed by atoms with Crippen LogP contribution in [0.5, 0.6) is 0 Å². The Bertz CT molecular complexity index is 497. The van der Waals surface area contributed by atoms with Gasteiger partial charge in [0.05, 0.1) is 6.10 Å². The summed E-state index contributed by atoms with van der Waals surface area (Å²) in [7, 11) is 0. The van der Waals surface area contributed by atoms with Crippen LogP contribution in [0.1, 0.15) is 27.2 Å². The van der Waals surface area contributed by atoms with Crippen molar-refractivity contribution in [1.82, 2.24) is 4.90 Å². The van der Waals surface area contributed by atoms with Gasteiger partial charge in [0.15, 0.2) is 0 Å². The summed E-state index contributed by atoms with van der Waals surface area (Å²) in [6.45, 7) is 9.30. The maximum Gasteiger partial charge on any atom is 0.320 e. The maximum atomic E-state index is 14.3. The van der Waals surface area contributed by atoms with Crippen molar-refractivity contribution < 1.29 is 18.6 Å². The van der Waals surface area contributed by atoms with Crippen LogP contribution in [-0.2, 0) is 4.74 Å². The number of aliphatic hydroxyl groups is 1. The molecule has 0 bridgehead atoms. The molecule has 3 atom stereocenters. The van der Waals surface area contributed by atoms with Crippen LogP contribution in [-0.4, -0.2) is 40.2 Å². The Kier molecular flexibility index (Phi) is 3.84. The molecule has 2 heterocycles. The summed E-state index contributed by atoms with van der Waals surface area (Å²) >= 11 is 0. The van der Waals surface area contributed by atoms with Gasteiger partial charge in [-0.3, -0.25) is 0 Å². The molecule has 2 aliphatic heterocycles. The molecule has 1 unspecified atom stereocenters. The van der Waals surface area contributed by atoms with Gasteiger partial charge in [0, 0.05) is 6.20 Å². The predicted octanol–water partition coefficient (Wildman–Crippen LogP) is 1.80. The second kappa shape index (κ2) is 5.06. The van der Waals surface area contributed by atoms with E-state index in [1.165, 1.54) is 12.3 Å². The maximum absolute atomic E-state index is 14.3. The van der Waals surface area contributed by atoms with Gasteiger partial charge in [-0.15, -0.1) is 0 Å². The molecule has 3 N–H and O–H groups in total. The highest BCUT2D eigenvalue weighted by Gasteiger charge is 2.61. The molecule has 0 amide bonds. The quantitative estimate of drug-likeness (QED) is 0.816. The Hall–Kier alpha value is -1.47. The van der Waals surface area contributed by atoms with Gasteiger partial charge >= 0.3 is 5.92 Å². The van der Waals surface area contributed by atoms with Gasteiger partial charge in [0.2, 0.25) is 6.23 Å². The number of aliphatic hydroxyl groups excluding tert-OH is 1. The van der Waals surface area contributed by atoms with Gasteiger partial charge < -0.3 is 20.5 Å². The average molecular weight is 301 g/mol. The first kappa shape index (κ1) is 15.9. The molecule has 7 heteroatoms. The van der Waals surface area contributed by atoms with Crippen molar-refractivity contribution in [3.63, 3.8) is 0 Å². The first-order valence-corrected chi connectivity index (χ1v) is 6.73. The highest BCUT2D eigenvalue weighted by molar-refractivity contribution is 5.92. The van der Waals surface area contributed by atoms with E-state index in [0.29, 0.717) is 6.42 Å². The molecule has 2 aliphatic rings. The molecule has 1 saturated heterocycles. The molecule has 0 radical (unpaired) electrons. The lowest BCUT2D eigenvalue weighted by molar-refractivity contribution is -0.148. The van der Waals surface area contributed by atoms with Crippen LogP contribution in [0.4, 0.5) is 8.78 Å². The summed E-state index contributed by atoms with van der Waals surface area (Å²) in [4.78, 5) is 4.94. The van der Waals surface area contributed by atoms with E-state index in [-0.39, 0.29) is 17.1 Å². The second-order valence-electron chi connectivity index (χ2n) is 6.59. The first-order valence-electron chi connectivity index (χ1n) is 6.73. The van der Waals surface area contributed by atoms with Crippen molar-refractivity contribution in [1.29, 1.82) is 0 Å². The third-order valence-electron chi connectivity index (χ3n) is 3.41. The van der Waals surface area contributed by atoms with E-state index in [0.717, 1.165) is 4.90 Å². The second-order valence-corrected chi connectivity index (χ2v) is 6.59. The van der Waals surface area contributed by atoms with Crippen LogP contribution in [0.15, 0.2) is 29.7 Å². The molecular formula is C14H21F2N3O2. The molecule has 0 aromatic rings. The number of aliphatic imine (C=N–C) groups is 1. The van der Waals surface area contributed by atoms with Crippen molar-refractivity contribution in [3.8, 4) is 0 Å². The zero-order valence-corrected chi connectivity index (χ0v) is 12.4. The van der Waals surface area contributed by atoms with E-state index in [2.05, 4.69) is 11.6 Å². The highest BCUT2D eigenvalue weighted by atomic mass is 19.3. The largest absolute Gasteiger partial charge is 0.384 e. The first-order chi connectivity index (χ1) is 9.52. The third-order valence-corrected chi connectivity index (χ3v) is 3.41. The predicted molar refractivity (Wildman–Crippen MR) is 75.4 cm³/mol. The Morgan fingerprint density at radius 2 is 2.14 bits per heavy atom. The molecule has 0 saturated carbocycles. The third kappa shape index (κ3) is 3.08. The normalized spacial score (nSPS) is 32.5. The fourth-order valence-electron chi connectivity index (χ4n) is 2.44. The number of ether oxygens (including phenoxy) is 1. The van der Waals surface area contributed by atoms with E-state index < -0.39 is 24.4 Å². The molecular weight excluding hydrogens is 280 g/mol. The number of alkyl halides is 2. The van der Waals surface area contributed by atoms with Crippen molar-refractivity contribution >= 4 is 5.84 Å². The average Bonchev–Trinajstić information content (AvgIpc) is 2.51. The van der Waals surface area contributed by atoms with Crippen LogP contribution >= 0.6 is 0 Å². The molecule has 5 nitrogen and oxygen atoms in total. The van der Waals surface area contributed by atoms with Crippen LogP contribution in [0.2, 0.25) is 0 Å². The zero-order chi connectivity index (χ0) is 16.0. The van der Waals surface area contributed by atoms with E-state index in [1.807, 2.05) is 20.8 Å². The van der Waals surface area contributed by atoms with Crippen molar-refractivity contribution in [2.75, 3.05) is 0 Å². The lowest BCUT2D eigenvalue weighted by Crippen LogP contribution is -2.47. The summed E-state index contributed by atoms with van der Waals surface area (Å²) < 4.78 is 34.0. The van der Waals surface area contributed by atoms with Crippen molar-refractivity contribution in [2.24, 2.45) is 16.1 Å².